The van der Waals surface area contributed by atoms with Crippen molar-refractivity contribution in [2.75, 3.05) is 19.8 Å². The Balaban J connectivity index is 2.58. The van der Waals surface area contributed by atoms with E-state index in [1.807, 2.05) is 6.92 Å². The van der Waals surface area contributed by atoms with Crippen LogP contribution in [0.3, 0.4) is 0 Å². The van der Waals surface area contributed by atoms with E-state index in [0.717, 1.165) is 0 Å². The second-order valence-electron chi connectivity index (χ2n) is 4.11. The molecule has 0 radical (unpaired) electrons. The van der Waals surface area contributed by atoms with Gasteiger partial charge in [-0.25, -0.2) is 0 Å². The van der Waals surface area contributed by atoms with Crippen molar-refractivity contribution < 1.29 is 24.2 Å². The number of ether oxygens (including phenoxy) is 2. The molecule has 1 aromatic rings. The molecule has 0 heterocycles. The highest BCUT2D eigenvalue weighted by molar-refractivity contribution is 5.96. The van der Waals surface area contributed by atoms with Crippen molar-refractivity contribution in [3.63, 3.8) is 0 Å². The Kier molecular flexibility index (Phi) is 6.52. The van der Waals surface area contributed by atoms with Crippen molar-refractivity contribution in [3.8, 4) is 5.75 Å². The van der Waals surface area contributed by atoms with E-state index in [0.29, 0.717) is 31.1 Å². The second kappa shape index (κ2) is 8.16. The fraction of sp³-hybridized carbons (Fsp3) is 0.429. The maximum Gasteiger partial charge on any atom is 0.325 e. The van der Waals surface area contributed by atoms with Crippen LogP contribution in [0.4, 0.5) is 0 Å². The minimum atomic E-state index is -1.08. The van der Waals surface area contributed by atoms with Crippen LogP contribution in [-0.4, -0.2) is 42.8 Å². The SMILES string of the molecule is CCOCCOc1cccc(C(=O)N[C@@H](C)C(=O)O)c1. The number of carbonyl (C=O) groups excluding carboxylic acids is 1. The molecular formula is C14H19NO5. The Morgan fingerprint density at radius 2 is 2.10 bits per heavy atom. The third kappa shape index (κ3) is 5.27. The highest BCUT2D eigenvalue weighted by Crippen LogP contribution is 2.13. The van der Waals surface area contributed by atoms with Crippen LogP contribution in [0.2, 0.25) is 0 Å². The summed E-state index contributed by atoms with van der Waals surface area (Å²) >= 11 is 0. The van der Waals surface area contributed by atoms with Gasteiger partial charge >= 0.3 is 5.97 Å². The van der Waals surface area contributed by atoms with E-state index in [1.54, 1.807) is 24.3 Å². The molecule has 0 fully saturated rings. The quantitative estimate of drug-likeness (QED) is 0.702. The standard InChI is InChI=1S/C14H19NO5/c1-3-19-7-8-20-12-6-4-5-11(9-12)13(16)15-10(2)14(17)18/h4-6,9-10H,3,7-8H2,1-2H3,(H,15,16)(H,17,18)/t10-/m0/s1. The molecule has 0 saturated heterocycles. The van der Waals surface area contributed by atoms with Crippen molar-refractivity contribution in [2.24, 2.45) is 0 Å². The highest BCUT2D eigenvalue weighted by Gasteiger charge is 2.15. The minimum absolute atomic E-state index is 0.354. The Morgan fingerprint density at radius 1 is 1.35 bits per heavy atom. The average molecular weight is 281 g/mol. The molecule has 0 unspecified atom stereocenters. The molecule has 1 amide bonds. The third-order valence-electron chi connectivity index (χ3n) is 2.51. The molecule has 20 heavy (non-hydrogen) atoms. The first-order valence-corrected chi connectivity index (χ1v) is 6.39. The summed E-state index contributed by atoms with van der Waals surface area (Å²) in [6, 6.07) is 5.62. The van der Waals surface area contributed by atoms with Gasteiger partial charge in [0, 0.05) is 12.2 Å². The lowest BCUT2D eigenvalue weighted by atomic mass is 10.2. The van der Waals surface area contributed by atoms with E-state index in [9.17, 15) is 9.59 Å². The molecule has 1 rings (SSSR count). The number of carboxylic acids is 1. The summed E-state index contributed by atoms with van der Waals surface area (Å²) in [6.07, 6.45) is 0. The van der Waals surface area contributed by atoms with Crippen LogP contribution in [0, 0.1) is 0 Å². The molecule has 6 nitrogen and oxygen atoms in total. The molecule has 6 heteroatoms. The van der Waals surface area contributed by atoms with Crippen LogP contribution in [0.5, 0.6) is 5.75 Å². The monoisotopic (exact) mass is 281 g/mol. The number of hydrogen-bond donors (Lipinski definition) is 2. The predicted octanol–water partition coefficient (Wildman–Crippen LogP) is 1.30. The van der Waals surface area contributed by atoms with Gasteiger partial charge in [-0.1, -0.05) is 6.07 Å². The summed E-state index contributed by atoms with van der Waals surface area (Å²) in [6.45, 7) is 4.80. The van der Waals surface area contributed by atoms with Gasteiger partial charge in [0.2, 0.25) is 0 Å². The molecule has 1 aromatic carbocycles. The Hall–Kier alpha value is -2.08. The number of amides is 1. The number of carbonyl (C=O) groups is 2. The summed E-state index contributed by atoms with van der Waals surface area (Å²) in [4.78, 5) is 22.5. The van der Waals surface area contributed by atoms with Crippen LogP contribution in [0.1, 0.15) is 24.2 Å². The van der Waals surface area contributed by atoms with Crippen molar-refractivity contribution in [3.05, 3.63) is 29.8 Å². The lowest BCUT2D eigenvalue weighted by Crippen LogP contribution is -2.38. The van der Waals surface area contributed by atoms with Crippen LogP contribution >= 0.6 is 0 Å². The van der Waals surface area contributed by atoms with Gasteiger partial charge in [-0.2, -0.15) is 0 Å². The molecule has 0 bridgehead atoms. The van der Waals surface area contributed by atoms with Crippen molar-refractivity contribution in [1.29, 1.82) is 0 Å². The van der Waals surface area contributed by atoms with Gasteiger partial charge in [-0.3, -0.25) is 9.59 Å². The fourth-order valence-electron chi connectivity index (χ4n) is 1.43. The normalized spacial score (nSPS) is 11.7. The Morgan fingerprint density at radius 3 is 2.75 bits per heavy atom. The van der Waals surface area contributed by atoms with E-state index >= 15 is 0 Å². The zero-order chi connectivity index (χ0) is 15.0. The van der Waals surface area contributed by atoms with Crippen molar-refractivity contribution >= 4 is 11.9 Å². The van der Waals surface area contributed by atoms with Crippen LogP contribution in [0.15, 0.2) is 24.3 Å². The number of nitrogens with one attached hydrogen (secondary N) is 1. The first-order chi connectivity index (χ1) is 9.54. The van der Waals surface area contributed by atoms with Gasteiger partial charge in [0.25, 0.3) is 5.91 Å². The molecule has 1 atom stereocenters. The minimum Gasteiger partial charge on any atom is -0.491 e. The second-order valence-corrected chi connectivity index (χ2v) is 4.11. The van der Waals surface area contributed by atoms with Crippen molar-refractivity contribution in [1.82, 2.24) is 5.32 Å². The van der Waals surface area contributed by atoms with Gasteiger partial charge < -0.3 is 19.9 Å². The van der Waals surface area contributed by atoms with Gasteiger partial charge in [-0.05, 0) is 32.0 Å². The third-order valence-corrected chi connectivity index (χ3v) is 2.51. The maximum absolute atomic E-state index is 11.8. The summed E-state index contributed by atoms with van der Waals surface area (Å²) in [5.74, 6) is -0.988. The smallest absolute Gasteiger partial charge is 0.325 e. The Bertz CT molecular complexity index is 461. The molecule has 2 N–H and O–H groups in total. The van der Waals surface area contributed by atoms with Crippen LogP contribution in [-0.2, 0) is 9.53 Å². The van der Waals surface area contributed by atoms with Gasteiger partial charge in [0.05, 0.1) is 6.61 Å². The first kappa shape index (κ1) is 16.0. The van der Waals surface area contributed by atoms with Crippen LogP contribution in [0.25, 0.3) is 0 Å². The molecule has 0 saturated carbocycles. The predicted molar refractivity (Wildman–Crippen MR) is 73.0 cm³/mol. The van der Waals surface area contributed by atoms with Gasteiger partial charge in [-0.15, -0.1) is 0 Å². The van der Waals surface area contributed by atoms with Crippen molar-refractivity contribution in [2.45, 2.75) is 19.9 Å². The maximum atomic E-state index is 11.8. The number of aliphatic carboxylic acids is 1. The Labute approximate surface area is 117 Å². The van der Waals surface area contributed by atoms with Gasteiger partial charge in [0.1, 0.15) is 18.4 Å². The van der Waals surface area contributed by atoms with E-state index in [4.69, 9.17) is 14.6 Å². The number of hydrogen-bond acceptors (Lipinski definition) is 4. The van der Waals surface area contributed by atoms with E-state index in [-0.39, 0.29) is 0 Å². The number of benzene rings is 1. The summed E-state index contributed by atoms with van der Waals surface area (Å²) in [7, 11) is 0. The fourth-order valence-corrected chi connectivity index (χ4v) is 1.43. The largest absolute Gasteiger partial charge is 0.491 e. The first-order valence-electron chi connectivity index (χ1n) is 6.39. The highest BCUT2D eigenvalue weighted by atomic mass is 16.5. The molecule has 0 spiro atoms. The molecule has 0 aromatic heterocycles. The zero-order valence-electron chi connectivity index (χ0n) is 11.6. The molecule has 0 aliphatic carbocycles. The van der Waals surface area contributed by atoms with E-state index < -0.39 is 17.9 Å². The molecular weight excluding hydrogens is 262 g/mol. The zero-order valence-corrected chi connectivity index (χ0v) is 11.6. The summed E-state index contributed by atoms with van der Waals surface area (Å²) < 4.78 is 10.6. The summed E-state index contributed by atoms with van der Waals surface area (Å²) in [5.41, 5.74) is 0.354. The summed E-state index contributed by atoms with van der Waals surface area (Å²) in [5, 5.41) is 11.1. The van der Waals surface area contributed by atoms with Gasteiger partial charge in [0.15, 0.2) is 0 Å². The molecule has 110 valence electrons. The van der Waals surface area contributed by atoms with E-state index in [1.165, 1.54) is 6.92 Å². The lowest BCUT2D eigenvalue weighted by Gasteiger charge is -2.11. The van der Waals surface area contributed by atoms with E-state index in [2.05, 4.69) is 5.32 Å². The number of carboxylic acid groups (broad SMARTS) is 1. The topological polar surface area (TPSA) is 84.9 Å². The molecule has 0 aliphatic heterocycles. The number of rotatable bonds is 8. The molecule has 0 aliphatic rings. The van der Waals surface area contributed by atoms with Crippen LogP contribution < -0.4 is 10.1 Å². The lowest BCUT2D eigenvalue weighted by molar-refractivity contribution is -0.138. The average Bonchev–Trinajstić information content (AvgIpc) is 2.43.